The molecule has 0 amide bonds. The molecule has 2 aromatic rings. The number of nitrogens with two attached hydrogens (primary N) is 2. The van der Waals surface area contributed by atoms with Crippen molar-refractivity contribution >= 4 is 21.5 Å². The zero-order valence-corrected chi connectivity index (χ0v) is 18.8. The number of aromatic nitrogens is 1. The normalized spacial score (nSPS) is 16.8. The van der Waals surface area contributed by atoms with Crippen LogP contribution in [0.5, 0.6) is 0 Å². The summed E-state index contributed by atoms with van der Waals surface area (Å²) in [5.74, 6) is 2.47. The third-order valence-corrected chi connectivity index (χ3v) is 6.99. The molecular weight excluding hydrogens is 459 g/mol. The van der Waals surface area contributed by atoms with Gasteiger partial charge in [-0.2, -0.15) is 17.5 Å². The van der Waals surface area contributed by atoms with Gasteiger partial charge in [-0.15, -0.1) is 12.3 Å². The van der Waals surface area contributed by atoms with E-state index in [1.165, 1.54) is 46.9 Å². The van der Waals surface area contributed by atoms with E-state index in [1.54, 1.807) is 6.92 Å². The van der Waals surface area contributed by atoms with Gasteiger partial charge < -0.3 is 21.5 Å². The first-order chi connectivity index (χ1) is 15.4. The number of anilines is 2. The molecule has 180 valence electrons. The molecule has 5 N–H and O–H groups in total. The minimum atomic E-state index is -4.90. The fourth-order valence-electron chi connectivity index (χ4n) is 3.23. The van der Waals surface area contributed by atoms with Crippen LogP contribution in [-0.4, -0.2) is 61.7 Å². The molecule has 1 saturated heterocycles. The lowest BCUT2D eigenvalue weighted by Crippen LogP contribution is -2.49. The average Bonchev–Trinajstić information content (AvgIpc) is 2.79. The molecule has 0 saturated carbocycles. The molecule has 3 rings (SSSR count). The van der Waals surface area contributed by atoms with Gasteiger partial charge in [-0.3, -0.25) is 0 Å². The summed E-state index contributed by atoms with van der Waals surface area (Å²) >= 11 is 0. The van der Waals surface area contributed by atoms with Crippen molar-refractivity contribution in [1.29, 1.82) is 0 Å². The molecule has 0 aliphatic carbocycles. The second-order valence-corrected chi connectivity index (χ2v) is 9.15. The molecule has 2 heterocycles. The van der Waals surface area contributed by atoms with E-state index in [-0.39, 0.29) is 29.4 Å². The SMILES string of the molecule is C#CC.NCC(O)(c1ccc(N2CCN(S(=O)(=O)c3ccc(N)nc3)CC2)cc1)C(F)(F)F. The van der Waals surface area contributed by atoms with Gasteiger partial charge in [0.1, 0.15) is 10.7 Å². The van der Waals surface area contributed by atoms with Crippen molar-refractivity contribution in [3.05, 3.63) is 48.2 Å². The number of rotatable bonds is 5. The Morgan fingerprint density at radius 2 is 1.67 bits per heavy atom. The zero-order chi connectivity index (χ0) is 24.9. The number of benzene rings is 1. The molecule has 0 spiro atoms. The first kappa shape index (κ1) is 26.4. The van der Waals surface area contributed by atoms with Gasteiger partial charge in [0.2, 0.25) is 10.0 Å². The van der Waals surface area contributed by atoms with Crippen molar-refractivity contribution in [3.63, 3.8) is 0 Å². The summed E-state index contributed by atoms with van der Waals surface area (Å²) in [5, 5.41) is 9.93. The smallest absolute Gasteiger partial charge is 0.384 e. The summed E-state index contributed by atoms with van der Waals surface area (Å²) in [7, 11) is -3.71. The van der Waals surface area contributed by atoms with Crippen LogP contribution in [0.15, 0.2) is 47.5 Å². The summed E-state index contributed by atoms with van der Waals surface area (Å²) in [6.45, 7) is 1.75. The van der Waals surface area contributed by atoms with Gasteiger partial charge >= 0.3 is 6.18 Å². The Morgan fingerprint density at radius 3 is 2.09 bits per heavy atom. The zero-order valence-electron chi connectivity index (χ0n) is 18.0. The van der Waals surface area contributed by atoms with Crippen LogP contribution in [0.1, 0.15) is 12.5 Å². The Morgan fingerprint density at radius 1 is 1.12 bits per heavy atom. The second-order valence-electron chi connectivity index (χ2n) is 7.21. The minimum absolute atomic E-state index is 0.0442. The van der Waals surface area contributed by atoms with Crippen LogP contribution in [-0.2, 0) is 15.6 Å². The molecule has 1 aromatic heterocycles. The Balaban J connectivity index is 0.00000122. The maximum Gasteiger partial charge on any atom is 0.422 e. The predicted molar refractivity (Wildman–Crippen MR) is 120 cm³/mol. The number of halogens is 3. The fraction of sp³-hybridized carbons (Fsp3) is 0.381. The van der Waals surface area contributed by atoms with E-state index in [9.17, 15) is 26.7 Å². The fourth-order valence-corrected chi connectivity index (χ4v) is 4.59. The summed E-state index contributed by atoms with van der Waals surface area (Å²) in [6.07, 6.45) is 0.898. The average molecular weight is 486 g/mol. The molecule has 1 unspecified atom stereocenters. The van der Waals surface area contributed by atoms with Crippen LogP contribution < -0.4 is 16.4 Å². The van der Waals surface area contributed by atoms with E-state index in [0.717, 1.165) is 0 Å². The Kier molecular flexibility index (Phi) is 8.31. The number of sulfonamides is 1. The summed E-state index contributed by atoms with van der Waals surface area (Å²) in [5.41, 5.74) is 7.80. The van der Waals surface area contributed by atoms with Crippen LogP contribution in [0, 0.1) is 12.3 Å². The van der Waals surface area contributed by atoms with Crippen molar-refractivity contribution in [3.8, 4) is 12.3 Å². The standard InChI is InChI=1S/C18H22F3N5O3S.C3H4/c19-18(20,21)17(27,12-22)13-1-3-14(4-2-13)25-7-9-26(10-8-25)30(28,29)15-5-6-16(23)24-11-15;1-3-2/h1-6,11,27H,7-10,12,22H2,(H2,23,24);1H,2H3. The number of piperazine rings is 1. The van der Waals surface area contributed by atoms with Crippen molar-refractivity contribution < 1.29 is 26.7 Å². The largest absolute Gasteiger partial charge is 0.422 e. The van der Waals surface area contributed by atoms with Crippen molar-refractivity contribution in [1.82, 2.24) is 9.29 Å². The van der Waals surface area contributed by atoms with Gasteiger partial charge in [0, 0.05) is 44.6 Å². The minimum Gasteiger partial charge on any atom is -0.384 e. The molecule has 1 fully saturated rings. The number of hydrogen-bond donors (Lipinski definition) is 3. The first-order valence-electron chi connectivity index (χ1n) is 9.84. The van der Waals surface area contributed by atoms with E-state index in [2.05, 4.69) is 17.3 Å². The van der Waals surface area contributed by atoms with Crippen LogP contribution in [0.4, 0.5) is 24.7 Å². The summed E-state index contributed by atoms with van der Waals surface area (Å²) in [6, 6.07) is 8.07. The third kappa shape index (κ3) is 5.75. The monoisotopic (exact) mass is 485 g/mol. The maximum atomic E-state index is 13.1. The topological polar surface area (TPSA) is 126 Å². The van der Waals surface area contributed by atoms with Crippen molar-refractivity contribution in [2.45, 2.75) is 23.6 Å². The summed E-state index contributed by atoms with van der Waals surface area (Å²) < 4.78 is 66.2. The number of nitrogen functional groups attached to an aromatic ring is 1. The van der Waals surface area contributed by atoms with Gasteiger partial charge in [0.25, 0.3) is 0 Å². The van der Waals surface area contributed by atoms with Crippen LogP contribution in [0.2, 0.25) is 0 Å². The van der Waals surface area contributed by atoms with Crippen molar-refractivity contribution in [2.75, 3.05) is 43.4 Å². The Labute approximate surface area is 191 Å². The van der Waals surface area contributed by atoms with Gasteiger partial charge in [-0.05, 0) is 36.8 Å². The van der Waals surface area contributed by atoms with E-state index < -0.39 is 28.3 Å². The number of pyridine rings is 1. The highest BCUT2D eigenvalue weighted by atomic mass is 32.2. The Hall–Kier alpha value is -2.85. The molecular formula is C21H26F3N5O3S. The van der Waals surface area contributed by atoms with Gasteiger partial charge in [0.05, 0.1) is 0 Å². The van der Waals surface area contributed by atoms with Crippen LogP contribution in [0.3, 0.4) is 0 Å². The second kappa shape index (κ2) is 10.4. The highest BCUT2D eigenvalue weighted by Gasteiger charge is 2.54. The number of hydrogen-bond acceptors (Lipinski definition) is 7. The predicted octanol–water partition coefficient (Wildman–Crippen LogP) is 1.52. The van der Waals surface area contributed by atoms with Crippen molar-refractivity contribution in [2.24, 2.45) is 5.73 Å². The quantitative estimate of drug-likeness (QED) is 0.549. The Bertz CT molecular complexity index is 1060. The number of alkyl halides is 3. The molecule has 1 aliphatic rings. The van der Waals surface area contributed by atoms with E-state index in [0.29, 0.717) is 18.8 Å². The molecule has 1 atom stereocenters. The molecule has 33 heavy (non-hydrogen) atoms. The molecule has 1 aromatic carbocycles. The third-order valence-electron chi connectivity index (χ3n) is 5.11. The lowest BCUT2D eigenvalue weighted by atomic mass is 9.93. The lowest BCUT2D eigenvalue weighted by Gasteiger charge is -2.36. The molecule has 8 nitrogen and oxygen atoms in total. The van der Waals surface area contributed by atoms with Crippen LogP contribution >= 0.6 is 0 Å². The van der Waals surface area contributed by atoms with Gasteiger partial charge in [-0.25, -0.2) is 13.4 Å². The highest BCUT2D eigenvalue weighted by molar-refractivity contribution is 7.89. The van der Waals surface area contributed by atoms with E-state index >= 15 is 0 Å². The maximum absolute atomic E-state index is 13.1. The molecule has 12 heteroatoms. The van der Waals surface area contributed by atoms with E-state index in [4.69, 9.17) is 11.5 Å². The van der Waals surface area contributed by atoms with E-state index in [1.807, 2.05) is 4.90 Å². The highest BCUT2D eigenvalue weighted by Crippen LogP contribution is 2.38. The number of terminal acetylenes is 1. The number of aliphatic hydroxyl groups is 1. The van der Waals surface area contributed by atoms with Crippen LogP contribution in [0.25, 0.3) is 0 Å². The summed E-state index contributed by atoms with van der Waals surface area (Å²) in [4.78, 5) is 5.70. The molecule has 1 aliphatic heterocycles. The molecule has 0 radical (unpaired) electrons. The lowest BCUT2D eigenvalue weighted by molar-refractivity contribution is -0.262. The van der Waals surface area contributed by atoms with Gasteiger partial charge in [0.15, 0.2) is 5.60 Å². The first-order valence-corrected chi connectivity index (χ1v) is 11.3. The van der Waals surface area contributed by atoms with Gasteiger partial charge in [-0.1, -0.05) is 12.1 Å². The number of nitrogens with zero attached hydrogens (tertiary/aromatic N) is 3. The molecule has 0 bridgehead atoms.